The maximum Gasteiger partial charge on any atom is 0.138 e. The van der Waals surface area contributed by atoms with Crippen LogP contribution in [0.15, 0.2) is 6.33 Å². The molecule has 1 aromatic heterocycles. The molecule has 18 heavy (non-hydrogen) atoms. The topological polar surface area (TPSA) is 42.7 Å². The number of aromatic nitrogens is 3. The summed E-state index contributed by atoms with van der Waals surface area (Å²) >= 11 is 0. The third-order valence-electron chi connectivity index (χ3n) is 3.96. The lowest BCUT2D eigenvalue weighted by molar-refractivity contribution is 0.122. The minimum atomic E-state index is 0.433. The Morgan fingerprint density at radius 1 is 1.44 bits per heavy atom. The van der Waals surface area contributed by atoms with E-state index in [2.05, 4.69) is 40.9 Å². The van der Waals surface area contributed by atoms with E-state index >= 15 is 0 Å². The second kappa shape index (κ2) is 5.83. The summed E-state index contributed by atoms with van der Waals surface area (Å²) in [6.07, 6.45) is 7.91. The summed E-state index contributed by atoms with van der Waals surface area (Å²) < 4.78 is 2.08. The number of aryl methyl sites for hydroxylation is 1. The van der Waals surface area contributed by atoms with Gasteiger partial charge in [-0.2, -0.15) is 5.10 Å². The molecule has 0 amide bonds. The summed E-state index contributed by atoms with van der Waals surface area (Å²) in [6, 6.07) is 0.566. The molecule has 4 heteroatoms. The van der Waals surface area contributed by atoms with Gasteiger partial charge in [-0.1, -0.05) is 27.2 Å². The zero-order valence-corrected chi connectivity index (χ0v) is 11.9. The molecule has 0 aliphatic heterocycles. The molecule has 1 fully saturated rings. The van der Waals surface area contributed by atoms with E-state index in [4.69, 9.17) is 0 Å². The Labute approximate surface area is 110 Å². The van der Waals surface area contributed by atoms with Crippen molar-refractivity contribution in [1.82, 2.24) is 20.1 Å². The molecule has 0 spiro atoms. The van der Waals surface area contributed by atoms with E-state index in [1.807, 2.05) is 0 Å². The second-order valence-corrected chi connectivity index (χ2v) is 5.97. The van der Waals surface area contributed by atoms with Crippen molar-refractivity contribution in [2.75, 3.05) is 6.54 Å². The van der Waals surface area contributed by atoms with E-state index < -0.39 is 0 Å². The summed E-state index contributed by atoms with van der Waals surface area (Å²) in [6.45, 7) is 8.72. The van der Waals surface area contributed by atoms with Crippen molar-refractivity contribution in [2.45, 2.75) is 65.5 Å². The molecule has 2 rings (SSSR count). The van der Waals surface area contributed by atoms with Crippen LogP contribution in [0.2, 0.25) is 0 Å². The summed E-state index contributed by atoms with van der Waals surface area (Å²) in [4.78, 5) is 4.45. The molecular formula is C14H26N4. The van der Waals surface area contributed by atoms with Gasteiger partial charge in [-0.15, -0.1) is 0 Å². The maximum atomic E-state index is 4.45. The van der Waals surface area contributed by atoms with Crippen LogP contribution in [-0.2, 0) is 13.0 Å². The predicted octanol–water partition coefficient (Wildman–Crippen LogP) is 2.40. The van der Waals surface area contributed by atoms with Crippen molar-refractivity contribution in [2.24, 2.45) is 5.41 Å². The van der Waals surface area contributed by atoms with Gasteiger partial charge >= 0.3 is 0 Å². The molecule has 0 saturated heterocycles. The van der Waals surface area contributed by atoms with Crippen LogP contribution in [0.25, 0.3) is 0 Å². The van der Waals surface area contributed by atoms with Crippen LogP contribution >= 0.6 is 0 Å². The quantitative estimate of drug-likeness (QED) is 0.808. The van der Waals surface area contributed by atoms with Crippen molar-refractivity contribution in [3.63, 3.8) is 0 Å². The van der Waals surface area contributed by atoms with Gasteiger partial charge in [0.1, 0.15) is 12.2 Å². The number of nitrogens with one attached hydrogen (secondary N) is 1. The lowest BCUT2D eigenvalue weighted by Gasteiger charge is -2.42. The van der Waals surface area contributed by atoms with E-state index in [1.54, 1.807) is 6.33 Å². The van der Waals surface area contributed by atoms with Crippen molar-refractivity contribution < 1.29 is 0 Å². The SMILES string of the molecule is CCCn1ncnc1CC1(CNC(C)C)CCC1. The minimum absolute atomic E-state index is 0.433. The van der Waals surface area contributed by atoms with Gasteiger partial charge in [-0.3, -0.25) is 4.68 Å². The molecule has 0 aromatic carbocycles. The third-order valence-corrected chi connectivity index (χ3v) is 3.96. The van der Waals surface area contributed by atoms with Crippen LogP contribution < -0.4 is 5.32 Å². The molecule has 0 atom stereocenters. The van der Waals surface area contributed by atoms with E-state index in [-0.39, 0.29) is 0 Å². The Balaban J connectivity index is 1.98. The predicted molar refractivity (Wildman–Crippen MR) is 73.4 cm³/mol. The highest BCUT2D eigenvalue weighted by molar-refractivity contribution is 4.99. The smallest absolute Gasteiger partial charge is 0.138 e. The van der Waals surface area contributed by atoms with Gasteiger partial charge < -0.3 is 5.32 Å². The van der Waals surface area contributed by atoms with Gasteiger partial charge in [0.05, 0.1) is 0 Å². The van der Waals surface area contributed by atoms with Crippen molar-refractivity contribution in [3.8, 4) is 0 Å². The van der Waals surface area contributed by atoms with E-state index in [0.29, 0.717) is 11.5 Å². The van der Waals surface area contributed by atoms with Crippen molar-refractivity contribution in [3.05, 3.63) is 12.2 Å². The lowest BCUT2D eigenvalue weighted by atomic mass is 9.66. The van der Waals surface area contributed by atoms with Gasteiger partial charge in [0, 0.05) is 25.6 Å². The molecule has 102 valence electrons. The zero-order valence-electron chi connectivity index (χ0n) is 11.9. The van der Waals surface area contributed by atoms with Gasteiger partial charge in [-0.25, -0.2) is 4.98 Å². The fourth-order valence-electron chi connectivity index (χ4n) is 2.67. The van der Waals surface area contributed by atoms with Crippen LogP contribution in [-0.4, -0.2) is 27.4 Å². The summed E-state index contributed by atoms with van der Waals surface area (Å²) in [7, 11) is 0. The van der Waals surface area contributed by atoms with Crippen molar-refractivity contribution >= 4 is 0 Å². The first-order valence-electron chi connectivity index (χ1n) is 7.25. The summed E-state index contributed by atoms with van der Waals surface area (Å²) in [5.41, 5.74) is 0.433. The fourth-order valence-corrected chi connectivity index (χ4v) is 2.67. The van der Waals surface area contributed by atoms with Gasteiger partial charge in [0.2, 0.25) is 0 Å². The average Bonchev–Trinajstić information content (AvgIpc) is 2.70. The van der Waals surface area contributed by atoms with Crippen LogP contribution in [0, 0.1) is 5.41 Å². The molecular weight excluding hydrogens is 224 g/mol. The molecule has 1 N–H and O–H groups in total. The highest BCUT2D eigenvalue weighted by Crippen LogP contribution is 2.42. The molecule has 1 aliphatic rings. The Kier molecular flexibility index (Phi) is 4.38. The normalized spacial score (nSPS) is 18.0. The minimum Gasteiger partial charge on any atom is -0.314 e. The Morgan fingerprint density at radius 2 is 2.22 bits per heavy atom. The Morgan fingerprint density at radius 3 is 2.78 bits per heavy atom. The molecule has 1 heterocycles. The number of hydrogen-bond donors (Lipinski definition) is 1. The molecule has 0 unspecified atom stereocenters. The molecule has 0 bridgehead atoms. The van der Waals surface area contributed by atoms with Gasteiger partial charge in [0.25, 0.3) is 0 Å². The number of hydrogen-bond acceptors (Lipinski definition) is 3. The molecule has 1 saturated carbocycles. The van der Waals surface area contributed by atoms with Gasteiger partial charge in [0.15, 0.2) is 0 Å². The molecule has 1 aromatic rings. The van der Waals surface area contributed by atoms with Crippen LogP contribution in [0.5, 0.6) is 0 Å². The van der Waals surface area contributed by atoms with Crippen molar-refractivity contribution in [1.29, 1.82) is 0 Å². The highest BCUT2D eigenvalue weighted by atomic mass is 15.3. The molecule has 4 nitrogen and oxygen atoms in total. The van der Waals surface area contributed by atoms with Crippen LogP contribution in [0.1, 0.15) is 52.3 Å². The number of rotatable bonds is 7. The first kappa shape index (κ1) is 13.5. The first-order chi connectivity index (χ1) is 8.65. The van der Waals surface area contributed by atoms with E-state index in [0.717, 1.165) is 25.9 Å². The number of nitrogens with zero attached hydrogens (tertiary/aromatic N) is 3. The average molecular weight is 250 g/mol. The zero-order chi connectivity index (χ0) is 13.0. The summed E-state index contributed by atoms with van der Waals surface area (Å²) in [5, 5.41) is 7.92. The standard InChI is InChI=1S/C14H26N4/c1-4-8-18-13(16-11-17-18)9-14(6-5-7-14)10-15-12(2)3/h11-12,15H,4-10H2,1-3H3. The maximum absolute atomic E-state index is 4.45. The molecule has 1 aliphatic carbocycles. The Bertz CT molecular complexity index is 366. The van der Waals surface area contributed by atoms with Crippen LogP contribution in [0.3, 0.4) is 0 Å². The van der Waals surface area contributed by atoms with E-state index in [1.165, 1.54) is 25.1 Å². The van der Waals surface area contributed by atoms with E-state index in [9.17, 15) is 0 Å². The fraction of sp³-hybridized carbons (Fsp3) is 0.857. The largest absolute Gasteiger partial charge is 0.314 e. The van der Waals surface area contributed by atoms with Crippen LogP contribution in [0.4, 0.5) is 0 Å². The second-order valence-electron chi connectivity index (χ2n) is 5.97. The summed E-state index contributed by atoms with van der Waals surface area (Å²) in [5.74, 6) is 1.17. The Hall–Kier alpha value is -0.900. The highest BCUT2D eigenvalue weighted by Gasteiger charge is 2.38. The monoisotopic (exact) mass is 250 g/mol. The molecule has 0 radical (unpaired) electrons. The first-order valence-corrected chi connectivity index (χ1v) is 7.25. The third kappa shape index (κ3) is 3.10. The van der Waals surface area contributed by atoms with Gasteiger partial charge in [-0.05, 0) is 24.7 Å². The lowest BCUT2D eigenvalue weighted by Crippen LogP contribution is -2.44.